The van der Waals surface area contributed by atoms with Gasteiger partial charge in [-0.25, -0.2) is 4.68 Å². The van der Waals surface area contributed by atoms with Gasteiger partial charge in [0.15, 0.2) is 12.4 Å². The summed E-state index contributed by atoms with van der Waals surface area (Å²) >= 11 is 0. The Morgan fingerprint density at radius 2 is 1.63 bits per heavy atom. The standard InChI is InChI=1S/C32H28N4O5/c1-21-15-22(2)23(3)31(16-21)41-29-18-26(17-27(19-29)36(38)39)33-32(37)30-13-14-35(34-30)20-40-28-11-9-25(10-12-28)24-7-5-4-6-8-24/h4-19H,20H2,1-3H3,(H,33,37). The van der Waals surface area contributed by atoms with Crippen LogP contribution < -0.4 is 14.8 Å². The number of nitrogens with zero attached hydrogens (tertiary/aromatic N) is 3. The van der Waals surface area contributed by atoms with E-state index in [1.165, 1.54) is 16.8 Å². The molecule has 9 nitrogen and oxygen atoms in total. The summed E-state index contributed by atoms with van der Waals surface area (Å²) in [5.41, 5.74) is 5.30. The number of nitro groups is 1. The van der Waals surface area contributed by atoms with Gasteiger partial charge in [0.05, 0.1) is 16.7 Å². The van der Waals surface area contributed by atoms with Crippen LogP contribution in [0.4, 0.5) is 11.4 Å². The molecule has 5 aromatic rings. The van der Waals surface area contributed by atoms with Crippen LogP contribution in [0.15, 0.2) is 97.2 Å². The average molecular weight is 549 g/mol. The Kier molecular flexibility index (Phi) is 7.78. The van der Waals surface area contributed by atoms with Crippen molar-refractivity contribution in [3.8, 4) is 28.4 Å². The molecule has 1 N–H and O–H groups in total. The number of ether oxygens (including phenoxy) is 2. The van der Waals surface area contributed by atoms with Crippen molar-refractivity contribution >= 4 is 17.3 Å². The molecule has 0 atom stereocenters. The molecule has 0 spiro atoms. The Balaban J connectivity index is 1.25. The van der Waals surface area contributed by atoms with Crippen molar-refractivity contribution in [2.75, 3.05) is 5.32 Å². The molecule has 41 heavy (non-hydrogen) atoms. The van der Waals surface area contributed by atoms with Gasteiger partial charge in [0.2, 0.25) is 0 Å². The lowest BCUT2D eigenvalue weighted by Gasteiger charge is -2.13. The molecule has 206 valence electrons. The Labute approximate surface area is 237 Å². The average Bonchev–Trinajstić information content (AvgIpc) is 3.44. The number of benzene rings is 4. The zero-order valence-corrected chi connectivity index (χ0v) is 22.8. The van der Waals surface area contributed by atoms with Crippen molar-refractivity contribution in [3.63, 3.8) is 0 Å². The molecule has 0 aliphatic heterocycles. The minimum atomic E-state index is -0.532. The van der Waals surface area contributed by atoms with Gasteiger partial charge < -0.3 is 14.8 Å². The summed E-state index contributed by atoms with van der Waals surface area (Å²) in [5.74, 6) is 0.966. The molecule has 0 radical (unpaired) electrons. The van der Waals surface area contributed by atoms with Gasteiger partial charge >= 0.3 is 0 Å². The van der Waals surface area contributed by atoms with Crippen molar-refractivity contribution in [1.82, 2.24) is 9.78 Å². The normalized spacial score (nSPS) is 10.7. The molecule has 0 aliphatic rings. The first-order valence-electron chi connectivity index (χ1n) is 12.9. The quantitative estimate of drug-likeness (QED) is 0.151. The fraction of sp³-hybridized carbons (Fsp3) is 0.125. The van der Waals surface area contributed by atoms with E-state index in [1.54, 1.807) is 18.3 Å². The van der Waals surface area contributed by atoms with E-state index in [-0.39, 0.29) is 29.5 Å². The topological polar surface area (TPSA) is 109 Å². The zero-order chi connectivity index (χ0) is 28.9. The van der Waals surface area contributed by atoms with Crippen LogP contribution in [0.3, 0.4) is 0 Å². The number of hydrogen-bond acceptors (Lipinski definition) is 6. The van der Waals surface area contributed by atoms with Gasteiger partial charge in [0, 0.05) is 18.3 Å². The number of nitrogens with one attached hydrogen (secondary N) is 1. The van der Waals surface area contributed by atoms with E-state index in [0.29, 0.717) is 11.5 Å². The van der Waals surface area contributed by atoms with Crippen LogP contribution in [-0.4, -0.2) is 20.6 Å². The van der Waals surface area contributed by atoms with Crippen molar-refractivity contribution in [1.29, 1.82) is 0 Å². The summed E-state index contributed by atoms with van der Waals surface area (Å²) in [5, 5.41) is 18.5. The maximum Gasteiger partial charge on any atom is 0.276 e. The van der Waals surface area contributed by atoms with E-state index < -0.39 is 10.8 Å². The van der Waals surface area contributed by atoms with Crippen LogP contribution in [-0.2, 0) is 6.73 Å². The van der Waals surface area contributed by atoms with Crippen molar-refractivity contribution < 1.29 is 19.2 Å². The lowest BCUT2D eigenvalue weighted by Crippen LogP contribution is -2.14. The zero-order valence-electron chi connectivity index (χ0n) is 22.8. The minimum Gasteiger partial charge on any atom is -0.471 e. The van der Waals surface area contributed by atoms with Crippen LogP contribution in [0.25, 0.3) is 11.1 Å². The molecule has 1 heterocycles. The molecular weight excluding hydrogens is 520 g/mol. The maximum absolute atomic E-state index is 12.9. The molecule has 1 amide bonds. The molecule has 9 heteroatoms. The second kappa shape index (κ2) is 11.7. The fourth-order valence-corrected chi connectivity index (χ4v) is 4.32. The van der Waals surface area contributed by atoms with Crippen LogP contribution >= 0.6 is 0 Å². The van der Waals surface area contributed by atoms with Crippen molar-refractivity contribution in [3.05, 3.63) is 130 Å². The van der Waals surface area contributed by atoms with E-state index >= 15 is 0 Å². The third-order valence-electron chi connectivity index (χ3n) is 6.55. The summed E-state index contributed by atoms with van der Waals surface area (Å²) < 4.78 is 13.3. The Morgan fingerprint density at radius 3 is 2.37 bits per heavy atom. The SMILES string of the molecule is Cc1cc(C)c(C)c(Oc2cc(NC(=O)c3ccn(COc4ccc(-c5ccccc5)cc4)n3)cc([N+](=O)[O-])c2)c1. The lowest BCUT2D eigenvalue weighted by molar-refractivity contribution is -0.384. The Hall–Kier alpha value is -5.44. The summed E-state index contributed by atoms with van der Waals surface area (Å²) in [7, 11) is 0. The molecular formula is C32H28N4O5. The monoisotopic (exact) mass is 548 g/mol. The molecule has 4 aromatic carbocycles. The van der Waals surface area contributed by atoms with Crippen LogP contribution in [0.2, 0.25) is 0 Å². The molecule has 0 saturated carbocycles. The predicted molar refractivity (Wildman–Crippen MR) is 157 cm³/mol. The Bertz CT molecular complexity index is 1710. The van der Waals surface area contributed by atoms with E-state index in [0.717, 1.165) is 27.8 Å². The third-order valence-corrected chi connectivity index (χ3v) is 6.55. The van der Waals surface area contributed by atoms with Gasteiger partial charge in [-0.15, -0.1) is 0 Å². The predicted octanol–water partition coefficient (Wildman–Crippen LogP) is 7.46. The summed E-state index contributed by atoms with van der Waals surface area (Å²) in [4.78, 5) is 24.0. The van der Waals surface area contributed by atoms with Gasteiger partial charge in [-0.05, 0) is 72.9 Å². The van der Waals surface area contributed by atoms with Gasteiger partial charge in [-0.3, -0.25) is 14.9 Å². The first-order chi connectivity index (χ1) is 19.7. The number of carbonyl (C=O) groups excluding carboxylic acids is 1. The minimum absolute atomic E-state index is 0.0992. The number of aromatic nitrogens is 2. The number of aryl methyl sites for hydroxylation is 2. The molecule has 5 rings (SSSR count). The number of non-ortho nitro benzene ring substituents is 1. The van der Waals surface area contributed by atoms with Crippen molar-refractivity contribution in [2.45, 2.75) is 27.5 Å². The molecule has 0 fully saturated rings. The van der Waals surface area contributed by atoms with Crippen LogP contribution in [0.1, 0.15) is 27.2 Å². The largest absolute Gasteiger partial charge is 0.471 e. The number of rotatable bonds is 9. The van der Waals surface area contributed by atoms with E-state index in [9.17, 15) is 14.9 Å². The van der Waals surface area contributed by atoms with Crippen LogP contribution in [0.5, 0.6) is 17.2 Å². The van der Waals surface area contributed by atoms with Crippen LogP contribution in [0, 0.1) is 30.9 Å². The van der Waals surface area contributed by atoms with Gasteiger partial charge in [-0.2, -0.15) is 5.10 Å². The highest BCUT2D eigenvalue weighted by atomic mass is 16.6. The van der Waals surface area contributed by atoms with Gasteiger partial charge in [-0.1, -0.05) is 48.5 Å². The molecule has 0 unspecified atom stereocenters. The summed E-state index contributed by atoms with van der Waals surface area (Å²) in [6, 6.07) is 27.3. The second-order valence-corrected chi connectivity index (χ2v) is 9.64. The number of hydrogen-bond donors (Lipinski definition) is 1. The van der Waals surface area contributed by atoms with E-state index in [4.69, 9.17) is 9.47 Å². The molecule has 0 aliphatic carbocycles. The fourth-order valence-electron chi connectivity index (χ4n) is 4.32. The van der Waals surface area contributed by atoms with E-state index in [2.05, 4.69) is 10.4 Å². The number of amides is 1. The maximum atomic E-state index is 12.9. The summed E-state index contributed by atoms with van der Waals surface area (Å²) in [6.45, 7) is 5.94. The third kappa shape index (κ3) is 6.59. The first kappa shape index (κ1) is 27.1. The lowest BCUT2D eigenvalue weighted by atomic mass is 10.1. The van der Waals surface area contributed by atoms with Crippen molar-refractivity contribution in [2.24, 2.45) is 0 Å². The number of nitro benzene ring substituents is 1. The highest BCUT2D eigenvalue weighted by Crippen LogP contribution is 2.33. The smallest absolute Gasteiger partial charge is 0.276 e. The molecule has 1 aromatic heterocycles. The van der Waals surface area contributed by atoms with E-state index in [1.807, 2.05) is 87.5 Å². The highest BCUT2D eigenvalue weighted by Gasteiger charge is 2.16. The Morgan fingerprint density at radius 1 is 0.902 bits per heavy atom. The molecule has 0 bridgehead atoms. The first-order valence-corrected chi connectivity index (χ1v) is 12.9. The second-order valence-electron chi connectivity index (χ2n) is 9.64. The highest BCUT2D eigenvalue weighted by molar-refractivity contribution is 6.03. The van der Waals surface area contributed by atoms with Gasteiger partial charge in [0.1, 0.15) is 17.2 Å². The summed E-state index contributed by atoms with van der Waals surface area (Å²) in [6.07, 6.45) is 1.62. The number of carbonyl (C=O) groups is 1. The van der Waals surface area contributed by atoms with Gasteiger partial charge in [0.25, 0.3) is 11.6 Å². The molecule has 0 saturated heterocycles. The number of anilines is 1.